The van der Waals surface area contributed by atoms with Crippen LogP contribution in [0.25, 0.3) is 11.1 Å². The first-order valence-corrected chi connectivity index (χ1v) is 12.8. The van der Waals surface area contributed by atoms with Gasteiger partial charge in [0, 0.05) is 11.1 Å². The first kappa shape index (κ1) is 27.1. The van der Waals surface area contributed by atoms with E-state index in [4.69, 9.17) is 9.47 Å². The van der Waals surface area contributed by atoms with E-state index in [1.54, 1.807) is 18.2 Å². The smallest absolute Gasteiger partial charge is 0.201 e. The Bertz CT molecular complexity index is 1240. The molecule has 7 heteroatoms. The monoisotopic (exact) mass is 518 g/mol. The first-order valence-electron chi connectivity index (χ1n) is 12.8. The summed E-state index contributed by atoms with van der Waals surface area (Å²) >= 11 is 0. The minimum Gasteiger partial charge on any atom is -0.490 e. The van der Waals surface area contributed by atoms with Gasteiger partial charge >= 0.3 is 0 Å². The van der Waals surface area contributed by atoms with Gasteiger partial charge in [0.25, 0.3) is 0 Å². The second-order valence-electron chi connectivity index (χ2n) is 9.64. The molecule has 37 heavy (non-hydrogen) atoms. The highest BCUT2D eigenvalue weighted by Crippen LogP contribution is 2.37. The van der Waals surface area contributed by atoms with E-state index in [9.17, 15) is 22.0 Å². The first-order chi connectivity index (χ1) is 17.8. The standard InChI is InChI=1S/C30H31F5O2/c1-3-4-15-36-26-14-13-24(29(34)30(26)35)23-12-6-19(16-25(23)31)17-37-21-9-7-20(8-10-21)22-11-5-18(2)27(32)28(22)33/h5-6,11-14,16,20-21H,3-4,7-10,15,17H2,1-2H3. The Kier molecular flexibility index (Phi) is 8.85. The zero-order valence-corrected chi connectivity index (χ0v) is 21.1. The molecule has 3 aromatic carbocycles. The molecule has 0 aliphatic heterocycles. The van der Waals surface area contributed by atoms with Gasteiger partial charge in [-0.1, -0.05) is 37.6 Å². The van der Waals surface area contributed by atoms with Crippen molar-refractivity contribution in [1.29, 1.82) is 0 Å². The Morgan fingerprint density at radius 2 is 1.51 bits per heavy atom. The van der Waals surface area contributed by atoms with E-state index in [0.717, 1.165) is 6.42 Å². The average Bonchev–Trinajstić information content (AvgIpc) is 2.90. The van der Waals surface area contributed by atoms with Gasteiger partial charge in [0.15, 0.2) is 23.2 Å². The highest BCUT2D eigenvalue weighted by Gasteiger charge is 2.26. The molecule has 0 atom stereocenters. The van der Waals surface area contributed by atoms with Crippen LogP contribution in [-0.4, -0.2) is 12.7 Å². The van der Waals surface area contributed by atoms with Crippen molar-refractivity contribution in [3.05, 3.63) is 88.2 Å². The SMILES string of the molecule is CCCCOc1ccc(-c2ccc(COC3CCC(c4ccc(C)c(F)c4F)CC3)cc2F)c(F)c1F. The van der Waals surface area contributed by atoms with Gasteiger partial charge in [-0.25, -0.2) is 17.6 Å². The Morgan fingerprint density at radius 1 is 0.784 bits per heavy atom. The third-order valence-electron chi connectivity index (χ3n) is 7.03. The van der Waals surface area contributed by atoms with Gasteiger partial charge in [0.1, 0.15) is 5.82 Å². The van der Waals surface area contributed by atoms with Crippen molar-refractivity contribution in [2.24, 2.45) is 0 Å². The third kappa shape index (κ3) is 6.15. The van der Waals surface area contributed by atoms with Gasteiger partial charge in [-0.2, -0.15) is 4.39 Å². The molecule has 1 aliphatic rings. The van der Waals surface area contributed by atoms with Crippen molar-refractivity contribution < 1.29 is 31.4 Å². The minimum absolute atomic E-state index is 0.0480. The molecule has 198 valence electrons. The summed E-state index contributed by atoms with van der Waals surface area (Å²) in [5.74, 6) is -4.78. The molecular formula is C30H31F5O2. The van der Waals surface area contributed by atoms with Crippen molar-refractivity contribution in [3.63, 3.8) is 0 Å². The maximum atomic E-state index is 14.9. The fourth-order valence-corrected chi connectivity index (χ4v) is 4.78. The molecule has 0 bridgehead atoms. The molecule has 0 saturated heterocycles. The lowest BCUT2D eigenvalue weighted by atomic mass is 9.82. The molecule has 0 amide bonds. The number of benzene rings is 3. The van der Waals surface area contributed by atoms with Crippen molar-refractivity contribution in [1.82, 2.24) is 0 Å². The van der Waals surface area contributed by atoms with Crippen molar-refractivity contribution in [2.75, 3.05) is 6.61 Å². The third-order valence-corrected chi connectivity index (χ3v) is 7.03. The van der Waals surface area contributed by atoms with Gasteiger partial charge in [-0.3, -0.25) is 0 Å². The van der Waals surface area contributed by atoms with E-state index in [1.807, 2.05) is 6.92 Å². The molecule has 0 radical (unpaired) electrons. The number of unbranched alkanes of at least 4 members (excludes halogenated alkanes) is 1. The number of rotatable bonds is 9. The zero-order valence-electron chi connectivity index (χ0n) is 21.1. The Labute approximate surface area is 214 Å². The van der Waals surface area contributed by atoms with E-state index in [0.29, 0.717) is 43.2 Å². The number of aryl methyl sites for hydroxylation is 1. The highest BCUT2D eigenvalue weighted by molar-refractivity contribution is 5.66. The van der Waals surface area contributed by atoms with Crippen LogP contribution in [0, 0.1) is 36.0 Å². The Balaban J connectivity index is 1.35. The van der Waals surface area contributed by atoms with Crippen LogP contribution in [-0.2, 0) is 11.3 Å². The topological polar surface area (TPSA) is 18.5 Å². The van der Waals surface area contributed by atoms with E-state index < -0.39 is 29.1 Å². The number of ether oxygens (including phenoxy) is 2. The number of hydrogen-bond donors (Lipinski definition) is 0. The molecule has 0 spiro atoms. The fourth-order valence-electron chi connectivity index (χ4n) is 4.78. The second kappa shape index (κ2) is 12.1. The Morgan fingerprint density at radius 3 is 2.22 bits per heavy atom. The number of halogens is 5. The van der Waals surface area contributed by atoms with Crippen LogP contribution in [0.15, 0.2) is 42.5 Å². The van der Waals surface area contributed by atoms with Crippen molar-refractivity contribution in [2.45, 2.75) is 71.0 Å². The predicted molar refractivity (Wildman–Crippen MR) is 133 cm³/mol. The van der Waals surface area contributed by atoms with Gasteiger partial charge in [-0.15, -0.1) is 0 Å². The summed E-state index contributed by atoms with van der Waals surface area (Å²) < 4.78 is 83.5. The molecule has 0 heterocycles. The van der Waals surface area contributed by atoms with Crippen molar-refractivity contribution in [3.8, 4) is 16.9 Å². The lowest BCUT2D eigenvalue weighted by Crippen LogP contribution is -2.21. The lowest BCUT2D eigenvalue weighted by Gasteiger charge is -2.29. The van der Waals surface area contributed by atoms with E-state index in [2.05, 4.69) is 0 Å². The fraction of sp³-hybridized carbons (Fsp3) is 0.400. The van der Waals surface area contributed by atoms with Gasteiger partial charge in [0.2, 0.25) is 5.82 Å². The zero-order chi connectivity index (χ0) is 26.5. The summed E-state index contributed by atoms with van der Waals surface area (Å²) in [5, 5.41) is 0. The van der Waals surface area contributed by atoms with Gasteiger partial charge in [0.05, 0.1) is 19.3 Å². The molecule has 4 rings (SSSR count). The molecule has 2 nitrogen and oxygen atoms in total. The maximum absolute atomic E-state index is 14.9. The number of hydrogen-bond acceptors (Lipinski definition) is 2. The second-order valence-corrected chi connectivity index (χ2v) is 9.64. The van der Waals surface area contributed by atoms with Crippen LogP contribution < -0.4 is 4.74 Å². The molecule has 0 aromatic heterocycles. The summed E-state index contributed by atoms with van der Waals surface area (Å²) in [7, 11) is 0. The summed E-state index contributed by atoms with van der Waals surface area (Å²) in [6.07, 6.45) is 4.19. The van der Waals surface area contributed by atoms with E-state index in [-0.39, 0.29) is 47.7 Å². The van der Waals surface area contributed by atoms with E-state index >= 15 is 0 Å². The van der Waals surface area contributed by atoms with Crippen molar-refractivity contribution >= 4 is 0 Å². The summed E-state index contributed by atoms with van der Waals surface area (Å²) in [5.41, 5.74) is 1.04. The Hall–Kier alpha value is -2.93. The van der Waals surface area contributed by atoms with Crippen LogP contribution in [0.1, 0.15) is 68.1 Å². The van der Waals surface area contributed by atoms with Gasteiger partial charge < -0.3 is 9.47 Å². The lowest BCUT2D eigenvalue weighted by molar-refractivity contribution is 0.0130. The summed E-state index contributed by atoms with van der Waals surface area (Å²) in [6, 6.07) is 10.2. The van der Waals surface area contributed by atoms with Gasteiger partial charge in [-0.05, 0) is 79.8 Å². The normalized spacial score (nSPS) is 17.7. The minimum atomic E-state index is -1.15. The van der Waals surface area contributed by atoms with Crippen LogP contribution in [0.3, 0.4) is 0 Å². The van der Waals surface area contributed by atoms with Crippen LogP contribution >= 0.6 is 0 Å². The summed E-state index contributed by atoms with van der Waals surface area (Å²) in [4.78, 5) is 0. The molecule has 1 saturated carbocycles. The molecule has 0 N–H and O–H groups in total. The summed E-state index contributed by atoms with van der Waals surface area (Å²) in [6.45, 7) is 3.93. The molecule has 3 aromatic rings. The molecule has 1 fully saturated rings. The maximum Gasteiger partial charge on any atom is 0.201 e. The molecule has 1 aliphatic carbocycles. The largest absolute Gasteiger partial charge is 0.490 e. The van der Waals surface area contributed by atoms with Crippen LogP contribution in [0.4, 0.5) is 22.0 Å². The highest BCUT2D eigenvalue weighted by atomic mass is 19.2. The molecular weight excluding hydrogens is 487 g/mol. The van der Waals surface area contributed by atoms with Crippen LogP contribution in [0.5, 0.6) is 5.75 Å². The van der Waals surface area contributed by atoms with E-state index in [1.165, 1.54) is 31.2 Å². The predicted octanol–water partition coefficient (Wildman–Crippen LogP) is 8.78. The quantitative estimate of drug-likeness (QED) is 0.208. The average molecular weight is 519 g/mol. The molecule has 0 unspecified atom stereocenters. The van der Waals surface area contributed by atoms with Crippen LogP contribution in [0.2, 0.25) is 0 Å².